The van der Waals surface area contributed by atoms with Crippen molar-refractivity contribution < 1.29 is 38.7 Å². The number of hydrogen-bond acceptors (Lipinski definition) is 8. The molecule has 4 aliphatic rings. The van der Waals surface area contributed by atoms with E-state index >= 15 is 0 Å². The highest BCUT2D eigenvalue weighted by molar-refractivity contribution is 5.75. The number of hydrogen-bond donors (Lipinski definition) is 2. The fourth-order valence-electron chi connectivity index (χ4n) is 6.66. The number of carbonyl (C=O) groups is 2. The highest BCUT2D eigenvalue weighted by atomic mass is 16.6. The molecule has 0 aromatic carbocycles. The standard InChI is InChI=1S/C25H36O8/c1-11-9-12(2)25-16(7-8-17-19(25)20(27)13(3)21(28)23(17)33-25)10-18(30-6)24(29)32-22(11)14(4)31-15(5)26/h7-9,11,13-14,16-23,27-28H,10H2,1-6H3. The Labute approximate surface area is 194 Å². The largest absolute Gasteiger partial charge is 0.459 e. The Kier molecular flexibility index (Phi) is 6.50. The molecule has 2 heterocycles. The Morgan fingerprint density at radius 3 is 2.58 bits per heavy atom. The van der Waals surface area contributed by atoms with E-state index in [9.17, 15) is 19.8 Å². The van der Waals surface area contributed by atoms with Crippen LogP contribution in [-0.2, 0) is 28.5 Å². The van der Waals surface area contributed by atoms with Crippen LogP contribution in [0.1, 0.15) is 41.0 Å². The minimum atomic E-state index is -0.882. The van der Waals surface area contributed by atoms with E-state index < -0.39 is 54.2 Å². The number of esters is 2. The summed E-state index contributed by atoms with van der Waals surface area (Å²) in [5, 5.41) is 22.2. The monoisotopic (exact) mass is 464 g/mol. The van der Waals surface area contributed by atoms with Crippen molar-refractivity contribution in [3.8, 4) is 0 Å². The molecule has 0 amide bonds. The molecule has 12 unspecified atom stereocenters. The zero-order valence-electron chi connectivity index (χ0n) is 20.1. The molecule has 12 atom stereocenters. The number of aliphatic hydroxyl groups excluding tert-OH is 2. The molecule has 1 saturated carbocycles. The first-order valence-corrected chi connectivity index (χ1v) is 11.8. The van der Waals surface area contributed by atoms with Gasteiger partial charge in [-0.15, -0.1) is 0 Å². The summed E-state index contributed by atoms with van der Waals surface area (Å²) in [5.41, 5.74) is 0.0302. The van der Waals surface area contributed by atoms with Gasteiger partial charge in [-0.3, -0.25) is 4.79 Å². The van der Waals surface area contributed by atoms with Crippen LogP contribution in [0.2, 0.25) is 0 Å². The molecule has 2 aliphatic carbocycles. The van der Waals surface area contributed by atoms with E-state index in [1.165, 1.54) is 14.0 Å². The Bertz CT molecular complexity index is 851. The van der Waals surface area contributed by atoms with Crippen molar-refractivity contribution in [1.82, 2.24) is 0 Å². The number of carbonyl (C=O) groups excluding carboxylic acids is 2. The number of cyclic esters (lactones) is 1. The minimum absolute atomic E-state index is 0.118. The summed E-state index contributed by atoms with van der Waals surface area (Å²) in [5.74, 6) is -2.24. The lowest BCUT2D eigenvalue weighted by Crippen LogP contribution is -2.56. The van der Waals surface area contributed by atoms with Crippen LogP contribution >= 0.6 is 0 Å². The summed E-state index contributed by atoms with van der Waals surface area (Å²) in [7, 11) is 1.46. The average molecular weight is 465 g/mol. The van der Waals surface area contributed by atoms with E-state index in [1.54, 1.807) is 6.92 Å². The van der Waals surface area contributed by atoms with Gasteiger partial charge in [0.05, 0.1) is 18.3 Å². The molecular formula is C25H36O8. The smallest absolute Gasteiger partial charge is 0.335 e. The van der Waals surface area contributed by atoms with Gasteiger partial charge in [0.2, 0.25) is 0 Å². The number of ether oxygens (including phenoxy) is 4. The zero-order valence-corrected chi connectivity index (χ0v) is 20.1. The molecule has 2 N–H and O–H groups in total. The Hall–Kier alpha value is -1.74. The molecular weight excluding hydrogens is 428 g/mol. The van der Waals surface area contributed by atoms with E-state index in [-0.39, 0.29) is 29.6 Å². The normalized spacial score (nSPS) is 47.8. The Morgan fingerprint density at radius 2 is 1.94 bits per heavy atom. The third kappa shape index (κ3) is 3.75. The van der Waals surface area contributed by atoms with Gasteiger partial charge in [-0.2, -0.15) is 0 Å². The van der Waals surface area contributed by atoms with Gasteiger partial charge in [-0.25, -0.2) is 4.79 Å². The van der Waals surface area contributed by atoms with Gasteiger partial charge in [-0.05, 0) is 25.8 Å². The van der Waals surface area contributed by atoms with Crippen LogP contribution in [0.5, 0.6) is 0 Å². The van der Waals surface area contributed by atoms with E-state index in [2.05, 4.69) is 0 Å². The summed E-state index contributed by atoms with van der Waals surface area (Å²) in [4.78, 5) is 24.7. The Morgan fingerprint density at radius 1 is 1.24 bits per heavy atom. The lowest BCUT2D eigenvalue weighted by molar-refractivity contribution is -0.178. The summed E-state index contributed by atoms with van der Waals surface area (Å²) in [6.45, 7) is 8.75. The zero-order chi connectivity index (χ0) is 24.2. The molecule has 4 bridgehead atoms. The van der Waals surface area contributed by atoms with Crippen molar-refractivity contribution in [2.75, 3.05) is 7.11 Å². The first kappa shape index (κ1) is 24.4. The highest BCUT2D eigenvalue weighted by Gasteiger charge is 2.68. The predicted octanol–water partition coefficient (Wildman–Crippen LogP) is 1.78. The van der Waals surface area contributed by atoms with E-state index in [4.69, 9.17) is 18.9 Å². The maximum atomic E-state index is 13.1. The van der Waals surface area contributed by atoms with Crippen LogP contribution in [-0.4, -0.2) is 71.5 Å². The van der Waals surface area contributed by atoms with Gasteiger partial charge in [0, 0.05) is 43.6 Å². The molecule has 2 aliphatic heterocycles. The maximum absolute atomic E-state index is 13.1. The summed E-state index contributed by atoms with van der Waals surface area (Å²) >= 11 is 0. The predicted molar refractivity (Wildman–Crippen MR) is 118 cm³/mol. The first-order valence-electron chi connectivity index (χ1n) is 11.8. The van der Waals surface area contributed by atoms with Gasteiger partial charge in [-0.1, -0.05) is 32.1 Å². The van der Waals surface area contributed by atoms with Gasteiger partial charge >= 0.3 is 11.9 Å². The molecule has 1 spiro atoms. The fourth-order valence-corrected chi connectivity index (χ4v) is 6.66. The van der Waals surface area contributed by atoms with Crippen molar-refractivity contribution in [2.24, 2.45) is 29.6 Å². The molecule has 0 aromatic rings. The highest BCUT2D eigenvalue weighted by Crippen LogP contribution is 2.60. The van der Waals surface area contributed by atoms with Crippen molar-refractivity contribution in [2.45, 2.75) is 83.3 Å². The fraction of sp³-hybridized carbons (Fsp3) is 0.760. The third-order valence-electron chi connectivity index (χ3n) is 8.25. The SMILES string of the molecule is COC1CC2C=CC3C4OC2(C(C)=CC(C)C(C(C)OC(C)=O)OC1=O)C3C(O)C(C)C4O. The van der Waals surface area contributed by atoms with Crippen LogP contribution in [0.15, 0.2) is 23.8 Å². The van der Waals surface area contributed by atoms with E-state index in [0.717, 1.165) is 5.57 Å². The van der Waals surface area contributed by atoms with E-state index in [0.29, 0.717) is 6.42 Å². The third-order valence-corrected chi connectivity index (χ3v) is 8.25. The second-order valence-corrected chi connectivity index (χ2v) is 10.2. The van der Waals surface area contributed by atoms with Gasteiger partial charge in [0.1, 0.15) is 17.8 Å². The Balaban J connectivity index is 1.82. The molecule has 1 saturated heterocycles. The van der Waals surface area contributed by atoms with Gasteiger partial charge in [0.25, 0.3) is 0 Å². The summed E-state index contributed by atoms with van der Waals surface area (Å²) < 4.78 is 23.4. The van der Waals surface area contributed by atoms with Crippen molar-refractivity contribution in [3.63, 3.8) is 0 Å². The topological polar surface area (TPSA) is 112 Å². The van der Waals surface area contributed by atoms with E-state index in [1.807, 2.05) is 39.0 Å². The van der Waals surface area contributed by atoms with Crippen LogP contribution < -0.4 is 0 Å². The minimum Gasteiger partial charge on any atom is -0.459 e. The first-order chi connectivity index (χ1) is 15.5. The lowest BCUT2D eigenvalue weighted by Gasteiger charge is -2.48. The second-order valence-electron chi connectivity index (χ2n) is 10.2. The molecule has 2 fully saturated rings. The molecule has 0 radical (unpaired) electrons. The molecule has 4 rings (SSSR count). The lowest BCUT2D eigenvalue weighted by atomic mass is 9.57. The van der Waals surface area contributed by atoms with Crippen LogP contribution in [0.3, 0.4) is 0 Å². The summed E-state index contributed by atoms with van der Waals surface area (Å²) in [6, 6.07) is 0. The quantitative estimate of drug-likeness (QED) is 0.480. The van der Waals surface area contributed by atoms with Crippen LogP contribution in [0.4, 0.5) is 0 Å². The van der Waals surface area contributed by atoms with Crippen molar-refractivity contribution in [1.29, 1.82) is 0 Å². The van der Waals surface area contributed by atoms with Crippen LogP contribution in [0, 0.1) is 29.6 Å². The average Bonchev–Trinajstić information content (AvgIpc) is 2.96. The maximum Gasteiger partial charge on any atom is 0.335 e. The molecule has 33 heavy (non-hydrogen) atoms. The molecule has 8 nitrogen and oxygen atoms in total. The number of methoxy groups -OCH3 is 1. The molecule has 184 valence electrons. The van der Waals surface area contributed by atoms with Gasteiger partial charge < -0.3 is 29.2 Å². The second kappa shape index (κ2) is 8.80. The summed E-state index contributed by atoms with van der Waals surface area (Å²) in [6.07, 6.45) is 2.14. The molecule has 8 heteroatoms. The number of rotatable bonds is 3. The molecule has 0 aromatic heterocycles. The number of aliphatic hydroxyl groups is 2. The van der Waals surface area contributed by atoms with Crippen LogP contribution in [0.25, 0.3) is 0 Å². The van der Waals surface area contributed by atoms with Crippen molar-refractivity contribution in [3.05, 3.63) is 23.8 Å². The van der Waals surface area contributed by atoms with Crippen molar-refractivity contribution >= 4 is 11.9 Å². The van der Waals surface area contributed by atoms with Gasteiger partial charge in [0.15, 0.2) is 6.10 Å².